The van der Waals surface area contributed by atoms with Gasteiger partial charge in [-0.15, -0.1) is 11.8 Å². The van der Waals surface area contributed by atoms with Gasteiger partial charge in [-0.25, -0.2) is 0 Å². The molecule has 1 aliphatic heterocycles. The summed E-state index contributed by atoms with van der Waals surface area (Å²) in [5.74, 6) is 1.11. The molecule has 5 nitrogen and oxygen atoms in total. The predicted molar refractivity (Wildman–Crippen MR) is 78.4 cm³/mol. The maximum atomic E-state index is 9.01. The summed E-state index contributed by atoms with van der Waals surface area (Å²) < 4.78 is 5.37. The molecule has 19 heavy (non-hydrogen) atoms. The fourth-order valence-corrected chi connectivity index (χ4v) is 3.01. The van der Waals surface area contributed by atoms with Crippen molar-refractivity contribution in [2.24, 2.45) is 10.9 Å². The Morgan fingerprint density at radius 3 is 2.84 bits per heavy atom. The first-order chi connectivity index (χ1) is 9.27. The summed E-state index contributed by atoms with van der Waals surface area (Å²) in [6.45, 7) is 5.15. The highest BCUT2D eigenvalue weighted by atomic mass is 32.2. The number of oxime groups is 1. The molecular weight excluding hydrogens is 262 g/mol. The van der Waals surface area contributed by atoms with Gasteiger partial charge in [-0.05, 0) is 17.9 Å². The van der Waals surface area contributed by atoms with Crippen LogP contribution in [0.5, 0.6) is 0 Å². The van der Waals surface area contributed by atoms with Crippen LogP contribution in [-0.2, 0) is 4.74 Å². The van der Waals surface area contributed by atoms with Crippen LogP contribution >= 0.6 is 11.8 Å². The fourth-order valence-electron chi connectivity index (χ4n) is 2.17. The highest BCUT2D eigenvalue weighted by molar-refractivity contribution is 7.99. The smallest absolute Gasteiger partial charge is 0.173 e. The first kappa shape index (κ1) is 14.0. The second-order valence-corrected chi connectivity index (χ2v) is 5.47. The van der Waals surface area contributed by atoms with E-state index in [1.54, 1.807) is 11.8 Å². The molecule has 0 amide bonds. The first-order valence-electron chi connectivity index (χ1n) is 6.34. The van der Waals surface area contributed by atoms with Crippen molar-refractivity contribution in [3.8, 4) is 0 Å². The Kier molecular flexibility index (Phi) is 4.93. The number of amidine groups is 1. The average molecular weight is 281 g/mol. The Balaban J connectivity index is 2.43. The molecule has 1 fully saturated rings. The van der Waals surface area contributed by atoms with E-state index in [1.807, 2.05) is 18.2 Å². The fraction of sp³-hybridized carbons (Fsp3) is 0.462. The van der Waals surface area contributed by atoms with Crippen LogP contribution in [0.3, 0.4) is 0 Å². The number of rotatable bonds is 4. The van der Waals surface area contributed by atoms with Crippen molar-refractivity contribution >= 4 is 23.3 Å². The molecule has 6 heteroatoms. The highest BCUT2D eigenvalue weighted by Crippen LogP contribution is 2.31. The van der Waals surface area contributed by atoms with E-state index in [0.717, 1.165) is 35.0 Å². The topological polar surface area (TPSA) is 71.1 Å². The lowest BCUT2D eigenvalue weighted by Gasteiger charge is -2.31. The molecule has 1 aliphatic rings. The summed E-state index contributed by atoms with van der Waals surface area (Å²) in [5, 5.41) is 12.2. The summed E-state index contributed by atoms with van der Waals surface area (Å²) in [6.07, 6.45) is 0. The SMILES string of the molecule is CCSc1cccc(N2CCOCC2)c1/C(N)=N/O. The van der Waals surface area contributed by atoms with E-state index in [0.29, 0.717) is 13.2 Å². The number of ether oxygens (including phenoxy) is 1. The van der Waals surface area contributed by atoms with Gasteiger partial charge in [0, 0.05) is 23.7 Å². The molecule has 104 valence electrons. The number of thioether (sulfide) groups is 1. The molecule has 1 aromatic rings. The van der Waals surface area contributed by atoms with Crippen LogP contribution in [0.2, 0.25) is 0 Å². The van der Waals surface area contributed by atoms with Gasteiger partial charge in [-0.3, -0.25) is 0 Å². The Hall–Kier alpha value is -1.40. The van der Waals surface area contributed by atoms with E-state index in [9.17, 15) is 0 Å². The van der Waals surface area contributed by atoms with Crippen LogP contribution in [0.15, 0.2) is 28.3 Å². The minimum atomic E-state index is 0.165. The molecule has 0 saturated carbocycles. The lowest BCUT2D eigenvalue weighted by molar-refractivity contribution is 0.122. The summed E-state index contributed by atoms with van der Waals surface area (Å²) in [6, 6.07) is 6.03. The average Bonchev–Trinajstić information content (AvgIpc) is 2.47. The standard InChI is InChI=1S/C13H19N3O2S/c1-2-19-11-5-3-4-10(12(11)13(14)15-17)16-6-8-18-9-7-16/h3-5,17H,2,6-9H2,1H3,(H2,14,15). The Morgan fingerprint density at radius 1 is 1.47 bits per heavy atom. The molecule has 0 atom stereocenters. The number of hydrogen-bond acceptors (Lipinski definition) is 5. The van der Waals surface area contributed by atoms with Gasteiger partial charge in [0.25, 0.3) is 0 Å². The molecule has 2 rings (SSSR count). The second-order valence-electron chi connectivity index (χ2n) is 4.17. The third kappa shape index (κ3) is 3.13. The van der Waals surface area contributed by atoms with Gasteiger partial charge >= 0.3 is 0 Å². The zero-order chi connectivity index (χ0) is 13.7. The van der Waals surface area contributed by atoms with E-state index in [1.165, 1.54) is 0 Å². The van der Waals surface area contributed by atoms with Crippen LogP contribution in [-0.4, -0.2) is 43.1 Å². The van der Waals surface area contributed by atoms with Crippen LogP contribution in [0.25, 0.3) is 0 Å². The first-order valence-corrected chi connectivity index (χ1v) is 7.33. The van der Waals surface area contributed by atoms with E-state index >= 15 is 0 Å². The zero-order valence-corrected chi connectivity index (χ0v) is 11.8. The monoisotopic (exact) mass is 281 g/mol. The van der Waals surface area contributed by atoms with Gasteiger partial charge in [-0.1, -0.05) is 18.1 Å². The van der Waals surface area contributed by atoms with Crippen LogP contribution in [0, 0.1) is 0 Å². The minimum Gasteiger partial charge on any atom is -0.409 e. The van der Waals surface area contributed by atoms with E-state index < -0.39 is 0 Å². The van der Waals surface area contributed by atoms with Gasteiger partial charge in [0.2, 0.25) is 0 Å². The molecule has 0 aromatic heterocycles. The molecule has 3 N–H and O–H groups in total. The van der Waals surface area contributed by atoms with Gasteiger partial charge < -0.3 is 20.6 Å². The van der Waals surface area contributed by atoms with E-state index in [2.05, 4.69) is 17.0 Å². The van der Waals surface area contributed by atoms with Crippen LogP contribution in [0.4, 0.5) is 5.69 Å². The maximum absolute atomic E-state index is 9.01. The molecule has 1 saturated heterocycles. The minimum absolute atomic E-state index is 0.165. The molecule has 0 radical (unpaired) electrons. The number of nitrogens with zero attached hydrogens (tertiary/aromatic N) is 2. The quantitative estimate of drug-likeness (QED) is 0.289. The predicted octanol–water partition coefficient (Wildman–Crippen LogP) is 1.73. The summed E-state index contributed by atoms with van der Waals surface area (Å²) >= 11 is 1.69. The Labute approximate surface area is 117 Å². The van der Waals surface area contributed by atoms with Gasteiger partial charge in [0.15, 0.2) is 5.84 Å². The molecule has 1 aromatic carbocycles. The molecule has 0 spiro atoms. The zero-order valence-electron chi connectivity index (χ0n) is 11.0. The van der Waals surface area contributed by atoms with Gasteiger partial charge in [-0.2, -0.15) is 0 Å². The van der Waals surface area contributed by atoms with Crippen molar-refractivity contribution in [3.05, 3.63) is 23.8 Å². The van der Waals surface area contributed by atoms with Crippen LogP contribution in [0.1, 0.15) is 12.5 Å². The van der Waals surface area contributed by atoms with Gasteiger partial charge in [0.1, 0.15) is 0 Å². The summed E-state index contributed by atoms with van der Waals surface area (Å²) in [5.41, 5.74) is 7.69. The van der Waals surface area contributed by atoms with Crippen molar-refractivity contribution < 1.29 is 9.94 Å². The number of hydrogen-bond donors (Lipinski definition) is 2. The van der Waals surface area contributed by atoms with E-state index in [4.69, 9.17) is 15.7 Å². The lowest BCUT2D eigenvalue weighted by Crippen LogP contribution is -2.37. The van der Waals surface area contributed by atoms with E-state index in [-0.39, 0.29) is 5.84 Å². The van der Waals surface area contributed by atoms with Gasteiger partial charge in [0.05, 0.1) is 18.8 Å². The molecule has 0 bridgehead atoms. The number of nitrogens with two attached hydrogens (primary N) is 1. The third-order valence-electron chi connectivity index (χ3n) is 3.02. The number of anilines is 1. The molecular formula is C13H19N3O2S. The lowest BCUT2D eigenvalue weighted by atomic mass is 10.1. The van der Waals surface area contributed by atoms with Crippen molar-refractivity contribution in [2.45, 2.75) is 11.8 Å². The number of benzene rings is 1. The number of morpholine rings is 1. The summed E-state index contributed by atoms with van der Waals surface area (Å²) in [4.78, 5) is 3.26. The maximum Gasteiger partial charge on any atom is 0.173 e. The van der Waals surface area contributed by atoms with Crippen molar-refractivity contribution in [1.82, 2.24) is 0 Å². The largest absolute Gasteiger partial charge is 0.409 e. The molecule has 0 aliphatic carbocycles. The second kappa shape index (κ2) is 6.68. The molecule has 1 heterocycles. The van der Waals surface area contributed by atoms with Crippen molar-refractivity contribution in [3.63, 3.8) is 0 Å². The van der Waals surface area contributed by atoms with Crippen LogP contribution < -0.4 is 10.6 Å². The molecule has 0 unspecified atom stereocenters. The third-order valence-corrected chi connectivity index (χ3v) is 3.96. The normalized spacial score (nSPS) is 16.7. The van der Waals surface area contributed by atoms with Crippen molar-refractivity contribution in [2.75, 3.05) is 37.0 Å². The van der Waals surface area contributed by atoms with Crippen molar-refractivity contribution in [1.29, 1.82) is 0 Å². The Morgan fingerprint density at radius 2 is 2.21 bits per heavy atom. The summed E-state index contributed by atoms with van der Waals surface area (Å²) in [7, 11) is 0. The highest BCUT2D eigenvalue weighted by Gasteiger charge is 2.19. The Bertz CT molecular complexity index is 459.